The van der Waals surface area contributed by atoms with Crippen LogP contribution in [0.15, 0.2) is 23.6 Å². The van der Waals surface area contributed by atoms with Gasteiger partial charge in [0.1, 0.15) is 5.01 Å². The maximum atomic E-state index is 13.3. The number of carbonyl (C=O) groups excluding carboxylic acids is 1. The van der Waals surface area contributed by atoms with E-state index in [1.807, 2.05) is 29.7 Å². The first-order chi connectivity index (χ1) is 13.4. The number of hydrogen-bond donors (Lipinski definition) is 2. The van der Waals surface area contributed by atoms with Crippen LogP contribution >= 0.6 is 11.3 Å². The topological polar surface area (TPSA) is 93.3 Å². The van der Waals surface area contributed by atoms with Crippen molar-refractivity contribution in [2.45, 2.75) is 45.4 Å². The second-order valence-corrected chi connectivity index (χ2v) is 8.50. The van der Waals surface area contributed by atoms with Gasteiger partial charge in [-0.05, 0) is 36.5 Å². The predicted octanol–water partition coefficient (Wildman–Crippen LogP) is 5.09. The van der Waals surface area contributed by atoms with E-state index in [4.69, 9.17) is 5.73 Å². The summed E-state index contributed by atoms with van der Waals surface area (Å²) in [5.41, 5.74) is 8.72. The van der Waals surface area contributed by atoms with Gasteiger partial charge in [0.15, 0.2) is 5.78 Å². The molecule has 3 rings (SSSR count). The number of thiazole rings is 1. The van der Waals surface area contributed by atoms with Crippen molar-refractivity contribution >= 4 is 40.9 Å². The molecule has 5 nitrogen and oxygen atoms in total. The van der Waals surface area contributed by atoms with Gasteiger partial charge >= 0.3 is 5.97 Å². The normalized spacial score (nSPS) is 20.0. The highest BCUT2D eigenvalue weighted by Crippen LogP contribution is 2.35. The Balaban J connectivity index is 1.92. The lowest BCUT2D eigenvalue weighted by Crippen LogP contribution is -2.33. The number of benzene rings is 1. The SMILES string of the molecule is CC(C)c1csc(C=Cc2cccc(N)c2C(=O)[C@@H]2CCCC[C@@H]2C(=O)O)n1. The molecule has 1 heterocycles. The lowest BCUT2D eigenvalue weighted by atomic mass is 9.74. The molecule has 28 heavy (non-hydrogen) atoms. The van der Waals surface area contributed by atoms with Crippen LogP contribution in [0.2, 0.25) is 0 Å². The zero-order valence-corrected chi connectivity index (χ0v) is 17.0. The van der Waals surface area contributed by atoms with E-state index in [1.54, 1.807) is 17.4 Å². The summed E-state index contributed by atoms with van der Waals surface area (Å²) < 4.78 is 0. The number of nitrogen functional groups attached to an aromatic ring is 1. The number of carbonyl (C=O) groups is 2. The summed E-state index contributed by atoms with van der Waals surface area (Å²) in [6, 6.07) is 5.35. The first-order valence-corrected chi connectivity index (χ1v) is 10.6. The predicted molar refractivity (Wildman–Crippen MR) is 113 cm³/mol. The van der Waals surface area contributed by atoms with Gasteiger partial charge in [0, 0.05) is 22.5 Å². The fraction of sp³-hybridized carbons (Fsp3) is 0.409. The average molecular weight is 399 g/mol. The molecule has 6 heteroatoms. The molecule has 0 bridgehead atoms. The molecule has 1 aromatic heterocycles. The fourth-order valence-corrected chi connectivity index (χ4v) is 4.61. The lowest BCUT2D eigenvalue weighted by molar-refractivity contribution is -0.144. The zero-order chi connectivity index (χ0) is 20.3. The Morgan fingerprint density at radius 2 is 1.93 bits per heavy atom. The zero-order valence-electron chi connectivity index (χ0n) is 16.2. The smallest absolute Gasteiger partial charge is 0.307 e. The number of ketones is 1. The first-order valence-electron chi connectivity index (χ1n) is 9.67. The van der Waals surface area contributed by atoms with Crippen molar-refractivity contribution in [2.24, 2.45) is 11.8 Å². The number of anilines is 1. The number of hydrogen-bond acceptors (Lipinski definition) is 5. The number of aliphatic carboxylic acids is 1. The van der Waals surface area contributed by atoms with Crippen LogP contribution in [0.5, 0.6) is 0 Å². The third-order valence-electron chi connectivity index (χ3n) is 5.33. The molecule has 3 N–H and O–H groups in total. The van der Waals surface area contributed by atoms with Crippen LogP contribution in [0.4, 0.5) is 5.69 Å². The van der Waals surface area contributed by atoms with Crippen LogP contribution in [-0.4, -0.2) is 21.8 Å². The van der Waals surface area contributed by atoms with Gasteiger partial charge in [-0.25, -0.2) is 4.98 Å². The van der Waals surface area contributed by atoms with Crippen molar-refractivity contribution in [1.82, 2.24) is 4.98 Å². The van der Waals surface area contributed by atoms with Gasteiger partial charge in [0.05, 0.1) is 11.6 Å². The summed E-state index contributed by atoms with van der Waals surface area (Å²) >= 11 is 1.56. The number of nitrogens with zero attached hydrogens (tertiary/aromatic N) is 1. The maximum absolute atomic E-state index is 13.3. The number of Topliss-reactive ketones (excluding diaryl/α,β-unsaturated/α-hetero) is 1. The van der Waals surface area contributed by atoms with Crippen LogP contribution in [0.3, 0.4) is 0 Å². The minimum absolute atomic E-state index is 0.160. The molecule has 2 atom stereocenters. The monoisotopic (exact) mass is 398 g/mol. The number of rotatable bonds is 6. The Morgan fingerprint density at radius 1 is 1.21 bits per heavy atom. The first kappa shape index (κ1) is 20.3. The summed E-state index contributed by atoms with van der Waals surface area (Å²) in [5.74, 6) is -1.84. The van der Waals surface area contributed by atoms with Gasteiger partial charge < -0.3 is 10.8 Å². The van der Waals surface area contributed by atoms with Crippen molar-refractivity contribution in [1.29, 1.82) is 0 Å². The Morgan fingerprint density at radius 3 is 2.57 bits per heavy atom. The third-order valence-corrected chi connectivity index (χ3v) is 6.16. The van der Waals surface area contributed by atoms with Crippen LogP contribution in [0.25, 0.3) is 12.2 Å². The molecule has 1 fully saturated rings. The van der Waals surface area contributed by atoms with E-state index in [0.717, 1.165) is 23.5 Å². The Hall–Kier alpha value is -2.47. The maximum Gasteiger partial charge on any atom is 0.307 e. The molecule has 1 aliphatic rings. The molecule has 148 valence electrons. The number of aromatic nitrogens is 1. The van der Waals surface area contributed by atoms with E-state index in [2.05, 4.69) is 18.8 Å². The van der Waals surface area contributed by atoms with Gasteiger partial charge in [-0.2, -0.15) is 0 Å². The highest BCUT2D eigenvalue weighted by molar-refractivity contribution is 7.10. The highest BCUT2D eigenvalue weighted by Gasteiger charge is 2.37. The molecular formula is C22H26N2O3S. The minimum Gasteiger partial charge on any atom is -0.481 e. The Labute approximate surface area is 169 Å². The Bertz CT molecular complexity index is 901. The van der Waals surface area contributed by atoms with Crippen molar-refractivity contribution in [3.8, 4) is 0 Å². The molecule has 0 amide bonds. The average Bonchev–Trinajstić information content (AvgIpc) is 3.15. The van der Waals surface area contributed by atoms with Crippen LogP contribution in [0.1, 0.15) is 72.1 Å². The molecule has 0 unspecified atom stereocenters. The van der Waals surface area contributed by atoms with Gasteiger partial charge in [-0.1, -0.05) is 44.9 Å². The van der Waals surface area contributed by atoms with Gasteiger partial charge in [0.2, 0.25) is 0 Å². The summed E-state index contributed by atoms with van der Waals surface area (Å²) in [6.07, 6.45) is 6.59. The van der Waals surface area contributed by atoms with E-state index in [1.165, 1.54) is 0 Å². The number of carboxylic acids is 1. The molecule has 1 aromatic carbocycles. The van der Waals surface area contributed by atoms with E-state index in [9.17, 15) is 14.7 Å². The second kappa shape index (κ2) is 8.69. The number of nitrogens with two attached hydrogens (primary N) is 1. The largest absolute Gasteiger partial charge is 0.481 e. The lowest BCUT2D eigenvalue weighted by Gasteiger charge is -2.28. The molecule has 0 radical (unpaired) electrons. The van der Waals surface area contributed by atoms with Crippen molar-refractivity contribution < 1.29 is 14.7 Å². The second-order valence-electron chi connectivity index (χ2n) is 7.61. The van der Waals surface area contributed by atoms with Crippen molar-refractivity contribution in [2.75, 3.05) is 5.73 Å². The summed E-state index contributed by atoms with van der Waals surface area (Å²) in [6.45, 7) is 4.19. The molecule has 0 spiro atoms. The number of carboxylic acid groups (broad SMARTS) is 1. The summed E-state index contributed by atoms with van der Waals surface area (Å²) in [7, 11) is 0. The van der Waals surface area contributed by atoms with Crippen LogP contribution < -0.4 is 5.73 Å². The van der Waals surface area contributed by atoms with E-state index >= 15 is 0 Å². The molecule has 1 aliphatic carbocycles. The standard InChI is InChI=1S/C22H26N2O3S/c1-13(2)18-12-28-19(24-18)11-10-14-6-5-9-17(23)20(14)21(25)15-7-3-4-8-16(15)22(26)27/h5-6,9-13,15-16H,3-4,7-8,23H2,1-2H3,(H,26,27)/t15-,16+/m1/s1. The third kappa shape index (κ3) is 4.33. The van der Waals surface area contributed by atoms with E-state index in [-0.39, 0.29) is 5.78 Å². The van der Waals surface area contributed by atoms with Crippen molar-refractivity contribution in [3.05, 3.63) is 45.4 Å². The molecular weight excluding hydrogens is 372 g/mol. The van der Waals surface area contributed by atoms with E-state index < -0.39 is 17.8 Å². The molecule has 0 aliphatic heterocycles. The molecule has 2 aromatic rings. The highest BCUT2D eigenvalue weighted by atomic mass is 32.1. The molecule has 0 saturated heterocycles. The quantitative estimate of drug-likeness (QED) is 0.522. The summed E-state index contributed by atoms with van der Waals surface area (Å²) in [4.78, 5) is 29.5. The minimum atomic E-state index is -0.895. The van der Waals surface area contributed by atoms with Gasteiger partial charge in [-0.3, -0.25) is 9.59 Å². The van der Waals surface area contributed by atoms with Gasteiger partial charge in [-0.15, -0.1) is 11.3 Å². The van der Waals surface area contributed by atoms with Crippen LogP contribution in [-0.2, 0) is 4.79 Å². The van der Waals surface area contributed by atoms with E-state index in [0.29, 0.717) is 35.6 Å². The summed E-state index contributed by atoms with van der Waals surface area (Å²) in [5, 5.41) is 12.4. The molecule has 1 saturated carbocycles. The fourth-order valence-electron chi connectivity index (χ4n) is 3.74. The van der Waals surface area contributed by atoms with Crippen molar-refractivity contribution in [3.63, 3.8) is 0 Å². The Kier molecular flexibility index (Phi) is 6.29. The van der Waals surface area contributed by atoms with Crippen LogP contribution in [0, 0.1) is 11.8 Å². The van der Waals surface area contributed by atoms with Gasteiger partial charge in [0.25, 0.3) is 0 Å².